The molecule has 0 heterocycles. The van der Waals surface area contributed by atoms with Crippen LogP contribution in [0.1, 0.15) is 30.5 Å². The first-order valence-corrected chi connectivity index (χ1v) is 9.65. The third-order valence-corrected chi connectivity index (χ3v) is 4.75. The van der Waals surface area contributed by atoms with Crippen LogP contribution in [0, 0.1) is 0 Å². The largest absolute Gasteiger partial charge is 0.493 e. The van der Waals surface area contributed by atoms with Crippen molar-refractivity contribution in [3.05, 3.63) is 59.2 Å². The minimum Gasteiger partial charge on any atom is -0.493 e. The smallest absolute Gasteiger partial charge is 0.189 e. The van der Waals surface area contributed by atoms with Gasteiger partial charge in [0.05, 0.1) is 20.8 Å². The van der Waals surface area contributed by atoms with Crippen LogP contribution in [0.2, 0.25) is 0 Å². The number of methoxy groups -OCH3 is 2. The second-order valence-corrected chi connectivity index (χ2v) is 6.47. The van der Waals surface area contributed by atoms with Crippen LogP contribution < -0.4 is 20.5 Å². The van der Waals surface area contributed by atoms with Gasteiger partial charge in [0.15, 0.2) is 17.5 Å². The topological polar surface area (TPSA) is 72.1 Å². The molecule has 2 aromatic rings. The maximum absolute atomic E-state index is 6.07. The molecule has 0 bridgehead atoms. The van der Waals surface area contributed by atoms with Gasteiger partial charge in [0.25, 0.3) is 0 Å². The Bertz CT molecular complexity index is 773. The van der Waals surface area contributed by atoms with Crippen LogP contribution in [-0.2, 0) is 19.6 Å². The molecule has 0 fully saturated rings. The van der Waals surface area contributed by atoms with Crippen molar-refractivity contribution >= 4 is 5.96 Å². The van der Waals surface area contributed by atoms with Crippen molar-refractivity contribution < 1.29 is 9.47 Å². The molecule has 0 amide bonds. The average molecular weight is 385 g/mol. The van der Waals surface area contributed by atoms with Gasteiger partial charge in [0, 0.05) is 13.1 Å². The lowest BCUT2D eigenvalue weighted by Crippen LogP contribution is -2.32. The molecule has 152 valence electrons. The molecule has 6 heteroatoms. The number of nitrogens with one attached hydrogen (secondary N) is 1. The first-order chi connectivity index (χ1) is 13.6. The minimum atomic E-state index is 0.424. The Hall–Kier alpha value is -2.73. The van der Waals surface area contributed by atoms with Gasteiger partial charge in [0.2, 0.25) is 0 Å². The molecule has 28 heavy (non-hydrogen) atoms. The summed E-state index contributed by atoms with van der Waals surface area (Å²) in [7, 11) is 3.24. The standard InChI is InChI=1S/C22H32N4O2/c1-5-26(6-2)16-19-10-8-7-9-18(19)15-25-22(23)24-14-17-11-12-20(27-3)21(13-17)28-4/h7-13H,5-6,14-16H2,1-4H3,(H3,23,24,25). The Morgan fingerprint density at radius 2 is 1.68 bits per heavy atom. The molecule has 3 N–H and O–H groups in total. The van der Waals surface area contributed by atoms with Gasteiger partial charge in [-0.2, -0.15) is 0 Å². The van der Waals surface area contributed by atoms with Crippen LogP contribution in [0.3, 0.4) is 0 Å². The highest BCUT2D eigenvalue weighted by Crippen LogP contribution is 2.27. The zero-order chi connectivity index (χ0) is 20.4. The van der Waals surface area contributed by atoms with Crippen molar-refractivity contribution in [2.75, 3.05) is 27.3 Å². The Morgan fingerprint density at radius 3 is 2.32 bits per heavy atom. The summed E-state index contributed by atoms with van der Waals surface area (Å²) in [5, 5.41) is 3.22. The summed E-state index contributed by atoms with van der Waals surface area (Å²) in [6.45, 7) is 8.50. The average Bonchev–Trinajstić information content (AvgIpc) is 2.74. The van der Waals surface area contributed by atoms with Gasteiger partial charge in [-0.25, -0.2) is 4.99 Å². The van der Waals surface area contributed by atoms with E-state index in [2.05, 4.69) is 53.3 Å². The molecule has 6 nitrogen and oxygen atoms in total. The van der Waals surface area contributed by atoms with Crippen LogP contribution in [0.5, 0.6) is 11.5 Å². The number of hydrogen-bond donors (Lipinski definition) is 2. The third kappa shape index (κ3) is 6.16. The number of aliphatic imine (C=N–C) groups is 1. The van der Waals surface area contributed by atoms with E-state index in [0.29, 0.717) is 30.5 Å². The molecule has 0 aromatic heterocycles. The zero-order valence-corrected chi connectivity index (χ0v) is 17.4. The number of ether oxygens (including phenoxy) is 2. The molecule has 0 radical (unpaired) electrons. The zero-order valence-electron chi connectivity index (χ0n) is 17.4. The third-order valence-electron chi connectivity index (χ3n) is 4.75. The van der Waals surface area contributed by atoms with Gasteiger partial charge in [-0.15, -0.1) is 0 Å². The monoisotopic (exact) mass is 384 g/mol. The van der Waals surface area contributed by atoms with E-state index in [0.717, 1.165) is 25.2 Å². The normalized spacial score (nSPS) is 11.5. The van der Waals surface area contributed by atoms with Gasteiger partial charge in [0.1, 0.15) is 0 Å². The number of hydrogen-bond acceptors (Lipinski definition) is 4. The molecule has 0 unspecified atom stereocenters. The molecule has 0 saturated carbocycles. The van der Waals surface area contributed by atoms with E-state index in [1.807, 2.05) is 18.2 Å². The molecule has 0 saturated heterocycles. The van der Waals surface area contributed by atoms with Gasteiger partial charge in [-0.1, -0.05) is 44.2 Å². The molecular formula is C22H32N4O2. The summed E-state index contributed by atoms with van der Waals surface area (Å²) < 4.78 is 10.6. The molecular weight excluding hydrogens is 352 g/mol. The Labute approximate surface area is 168 Å². The SMILES string of the molecule is CCN(CC)Cc1ccccc1CNC(N)=NCc1ccc(OC)c(OC)c1. The summed E-state index contributed by atoms with van der Waals surface area (Å²) in [6.07, 6.45) is 0. The first kappa shape index (κ1) is 21.6. The van der Waals surface area contributed by atoms with E-state index in [4.69, 9.17) is 15.2 Å². The highest BCUT2D eigenvalue weighted by Gasteiger charge is 2.07. The molecule has 0 atom stereocenters. The van der Waals surface area contributed by atoms with E-state index >= 15 is 0 Å². The van der Waals surface area contributed by atoms with Crippen molar-refractivity contribution in [3.8, 4) is 11.5 Å². The number of rotatable bonds is 10. The van der Waals surface area contributed by atoms with Gasteiger partial charge in [-0.3, -0.25) is 4.90 Å². The van der Waals surface area contributed by atoms with Crippen LogP contribution in [0.15, 0.2) is 47.5 Å². The van der Waals surface area contributed by atoms with Crippen LogP contribution in [0.4, 0.5) is 0 Å². The van der Waals surface area contributed by atoms with Crippen molar-refractivity contribution in [1.29, 1.82) is 0 Å². The quantitative estimate of drug-likeness (QED) is 0.486. The highest BCUT2D eigenvalue weighted by atomic mass is 16.5. The second kappa shape index (κ2) is 11.2. The predicted molar refractivity (Wildman–Crippen MR) is 115 cm³/mol. The van der Waals surface area contributed by atoms with E-state index in [9.17, 15) is 0 Å². The van der Waals surface area contributed by atoms with Gasteiger partial charge < -0.3 is 20.5 Å². The Kier molecular flexibility index (Phi) is 8.62. The summed E-state index contributed by atoms with van der Waals surface area (Å²) in [5.41, 5.74) is 9.62. The van der Waals surface area contributed by atoms with E-state index in [-0.39, 0.29) is 0 Å². The van der Waals surface area contributed by atoms with Crippen molar-refractivity contribution in [2.24, 2.45) is 10.7 Å². The fourth-order valence-corrected chi connectivity index (χ4v) is 2.97. The van der Waals surface area contributed by atoms with Crippen molar-refractivity contribution in [1.82, 2.24) is 10.2 Å². The van der Waals surface area contributed by atoms with Gasteiger partial charge >= 0.3 is 0 Å². The fourth-order valence-electron chi connectivity index (χ4n) is 2.97. The maximum atomic E-state index is 6.07. The number of nitrogens with zero attached hydrogens (tertiary/aromatic N) is 2. The van der Waals surface area contributed by atoms with E-state index < -0.39 is 0 Å². The Balaban J connectivity index is 1.98. The van der Waals surface area contributed by atoms with Crippen molar-refractivity contribution in [3.63, 3.8) is 0 Å². The number of nitrogens with two attached hydrogens (primary N) is 1. The van der Waals surface area contributed by atoms with Crippen LogP contribution in [0.25, 0.3) is 0 Å². The molecule has 0 aliphatic carbocycles. The van der Waals surface area contributed by atoms with Crippen LogP contribution >= 0.6 is 0 Å². The summed E-state index contributed by atoms with van der Waals surface area (Å²) in [4.78, 5) is 6.84. The second-order valence-electron chi connectivity index (χ2n) is 6.47. The predicted octanol–water partition coefficient (Wildman–Crippen LogP) is 3.15. The lowest BCUT2D eigenvalue weighted by atomic mass is 10.1. The summed E-state index contributed by atoms with van der Waals surface area (Å²) in [5.74, 6) is 1.81. The van der Waals surface area contributed by atoms with Gasteiger partial charge in [-0.05, 0) is 41.9 Å². The van der Waals surface area contributed by atoms with Crippen LogP contribution in [-0.4, -0.2) is 38.2 Å². The summed E-state index contributed by atoms with van der Waals surface area (Å²) in [6, 6.07) is 14.2. The Morgan fingerprint density at radius 1 is 1.00 bits per heavy atom. The summed E-state index contributed by atoms with van der Waals surface area (Å²) >= 11 is 0. The molecule has 2 rings (SSSR count). The lowest BCUT2D eigenvalue weighted by Gasteiger charge is -2.20. The fraction of sp³-hybridized carbons (Fsp3) is 0.409. The van der Waals surface area contributed by atoms with E-state index in [1.165, 1.54) is 11.1 Å². The molecule has 2 aromatic carbocycles. The molecule has 0 spiro atoms. The number of guanidine groups is 1. The molecule has 0 aliphatic heterocycles. The first-order valence-electron chi connectivity index (χ1n) is 9.65. The van der Waals surface area contributed by atoms with Crippen molar-refractivity contribution in [2.45, 2.75) is 33.5 Å². The molecule has 0 aliphatic rings. The lowest BCUT2D eigenvalue weighted by molar-refractivity contribution is 0.295. The highest BCUT2D eigenvalue weighted by molar-refractivity contribution is 5.77. The number of benzene rings is 2. The maximum Gasteiger partial charge on any atom is 0.189 e. The minimum absolute atomic E-state index is 0.424. The van der Waals surface area contributed by atoms with E-state index in [1.54, 1.807) is 14.2 Å².